The Morgan fingerprint density at radius 2 is 2.09 bits per heavy atom. The zero-order chi connectivity index (χ0) is 15.7. The second kappa shape index (κ2) is 6.01. The quantitative estimate of drug-likeness (QED) is 0.870. The van der Waals surface area contributed by atoms with Crippen molar-refractivity contribution >= 4 is 5.91 Å². The van der Waals surface area contributed by atoms with Crippen LogP contribution in [0.5, 0.6) is 0 Å². The van der Waals surface area contributed by atoms with Crippen LogP contribution in [-0.4, -0.2) is 35.5 Å². The lowest BCUT2D eigenvalue weighted by Crippen LogP contribution is -2.58. The molecule has 1 aromatic rings. The fourth-order valence-corrected chi connectivity index (χ4v) is 3.44. The van der Waals surface area contributed by atoms with Gasteiger partial charge in [-0.05, 0) is 50.2 Å². The van der Waals surface area contributed by atoms with Crippen LogP contribution in [0.4, 0.5) is 0 Å². The third-order valence-electron chi connectivity index (χ3n) is 5.40. The number of carbonyl (C=O) groups excluding carboxylic acids is 1. The second-order valence-electron chi connectivity index (χ2n) is 7.05. The Kier molecular flexibility index (Phi) is 4.24. The third-order valence-corrected chi connectivity index (χ3v) is 5.40. The van der Waals surface area contributed by atoms with E-state index in [4.69, 9.17) is 5.73 Å². The van der Waals surface area contributed by atoms with Crippen LogP contribution in [0.1, 0.15) is 37.8 Å². The van der Waals surface area contributed by atoms with Crippen LogP contribution in [0.15, 0.2) is 24.3 Å². The molecule has 2 atom stereocenters. The van der Waals surface area contributed by atoms with E-state index in [1.54, 1.807) is 0 Å². The third kappa shape index (κ3) is 3.03. The summed E-state index contributed by atoms with van der Waals surface area (Å²) in [6.07, 6.45) is 3.38. The lowest BCUT2D eigenvalue weighted by molar-refractivity contribution is -0.128. The summed E-state index contributed by atoms with van der Waals surface area (Å²) >= 11 is 0. The lowest BCUT2D eigenvalue weighted by Gasteiger charge is -2.36. The standard InChI is InChI=1S/C18H27N3O/c1-13(17(22)20-18(2,12-19)16-7-8-16)21-10-9-14-5-3-4-6-15(14)11-21/h3-6,13,16H,7-12,19H2,1-2H3,(H,20,22). The summed E-state index contributed by atoms with van der Waals surface area (Å²) < 4.78 is 0. The predicted molar refractivity (Wildman–Crippen MR) is 88.3 cm³/mol. The van der Waals surface area contributed by atoms with Crippen molar-refractivity contribution in [1.82, 2.24) is 10.2 Å². The van der Waals surface area contributed by atoms with E-state index in [9.17, 15) is 4.79 Å². The molecule has 0 aromatic heterocycles. The SMILES string of the molecule is CC(C(=O)NC(C)(CN)C1CC1)N1CCc2ccccc2C1. The molecule has 22 heavy (non-hydrogen) atoms. The molecule has 4 heteroatoms. The summed E-state index contributed by atoms with van der Waals surface area (Å²) in [6.45, 7) is 6.40. The highest BCUT2D eigenvalue weighted by Gasteiger charge is 2.42. The van der Waals surface area contributed by atoms with Gasteiger partial charge < -0.3 is 11.1 Å². The van der Waals surface area contributed by atoms with Crippen molar-refractivity contribution in [1.29, 1.82) is 0 Å². The largest absolute Gasteiger partial charge is 0.348 e. The van der Waals surface area contributed by atoms with Gasteiger partial charge in [0, 0.05) is 19.6 Å². The lowest BCUT2D eigenvalue weighted by atomic mass is 9.95. The van der Waals surface area contributed by atoms with Gasteiger partial charge in [-0.3, -0.25) is 9.69 Å². The van der Waals surface area contributed by atoms with Gasteiger partial charge in [0.25, 0.3) is 0 Å². The minimum Gasteiger partial charge on any atom is -0.348 e. The molecule has 1 aliphatic carbocycles. The van der Waals surface area contributed by atoms with Gasteiger partial charge in [0.05, 0.1) is 11.6 Å². The van der Waals surface area contributed by atoms with Crippen LogP contribution >= 0.6 is 0 Å². The molecular formula is C18H27N3O. The molecule has 4 nitrogen and oxygen atoms in total. The molecule has 3 N–H and O–H groups in total. The predicted octanol–water partition coefficient (Wildman–Crippen LogP) is 1.68. The number of fused-ring (bicyclic) bond motifs is 1. The van der Waals surface area contributed by atoms with Crippen molar-refractivity contribution < 1.29 is 4.79 Å². The average molecular weight is 301 g/mol. The smallest absolute Gasteiger partial charge is 0.237 e. The van der Waals surface area contributed by atoms with E-state index in [0.717, 1.165) is 19.5 Å². The number of hydrogen-bond donors (Lipinski definition) is 2. The first-order valence-corrected chi connectivity index (χ1v) is 8.36. The molecule has 3 rings (SSSR count). The number of benzene rings is 1. The van der Waals surface area contributed by atoms with E-state index >= 15 is 0 Å². The molecular weight excluding hydrogens is 274 g/mol. The summed E-state index contributed by atoms with van der Waals surface area (Å²) in [5, 5.41) is 3.22. The van der Waals surface area contributed by atoms with E-state index in [-0.39, 0.29) is 17.5 Å². The first-order valence-electron chi connectivity index (χ1n) is 8.36. The first-order chi connectivity index (χ1) is 10.5. The van der Waals surface area contributed by atoms with Gasteiger partial charge >= 0.3 is 0 Å². The number of nitrogens with zero attached hydrogens (tertiary/aromatic N) is 1. The summed E-state index contributed by atoms with van der Waals surface area (Å²) in [5.41, 5.74) is 8.43. The van der Waals surface area contributed by atoms with Crippen LogP contribution in [0.25, 0.3) is 0 Å². The van der Waals surface area contributed by atoms with Crippen molar-refractivity contribution in [2.24, 2.45) is 11.7 Å². The van der Waals surface area contributed by atoms with Gasteiger partial charge in [-0.15, -0.1) is 0 Å². The first kappa shape index (κ1) is 15.5. The number of nitrogens with two attached hydrogens (primary N) is 1. The van der Waals surface area contributed by atoms with Crippen molar-refractivity contribution in [3.8, 4) is 0 Å². The average Bonchev–Trinajstić information content (AvgIpc) is 3.38. The highest BCUT2D eigenvalue weighted by molar-refractivity contribution is 5.82. The number of nitrogens with one attached hydrogen (secondary N) is 1. The Morgan fingerprint density at radius 1 is 1.41 bits per heavy atom. The number of rotatable bonds is 5. The van der Waals surface area contributed by atoms with E-state index < -0.39 is 0 Å². The molecule has 1 aliphatic heterocycles. The fraction of sp³-hybridized carbons (Fsp3) is 0.611. The molecule has 0 spiro atoms. The van der Waals surface area contributed by atoms with Gasteiger partial charge in [0.1, 0.15) is 0 Å². The second-order valence-corrected chi connectivity index (χ2v) is 7.05. The highest BCUT2D eigenvalue weighted by Crippen LogP contribution is 2.39. The Balaban J connectivity index is 1.64. The molecule has 1 saturated carbocycles. The van der Waals surface area contributed by atoms with Gasteiger partial charge in [0.2, 0.25) is 5.91 Å². The van der Waals surface area contributed by atoms with E-state index in [1.807, 2.05) is 6.92 Å². The number of carbonyl (C=O) groups is 1. The van der Waals surface area contributed by atoms with Crippen LogP contribution in [-0.2, 0) is 17.8 Å². The Morgan fingerprint density at radius 3 is 2.73 bits per heavy atom. The molecule has 2 aliphatic rings. The minimum absolute atomic E-state index is 0.110. The molecule has 1 heterocycles. The number of amides is 1. The fourth-order valence-electron chi connectivity index (χ4n) is 3.44. The van der Waals surface area contributed by atoms with Gasteiger partial charge in [-0.1, -0.05) is 24.3 Å². The molecule has 2 unspecified atom stereocenters. The molecule has 1 aromatic carbocycles. The van der Waals surface area contributed by atoms with Crippen LogP contribution in [0.2, 0.25) is 0 Å². The monoisotopic (exact) mass is 301 g/mol. The summed E-state index contributed by atoms with van der Waals surface area (Å²) in [7, 11) is 0. The zero-order valence-corrected chi connectivity index (χ0v) is 13.6. The van der Waals surface area contributed by atoms with Crippen molar-refractivity contribution in [2.75, 3.05) is 13.1 Å². The Hall–Kier alpha value is -1.39. The topological polar surface area (TPSA) is 58.4 Å². The summed E-state index contributed by atoms with van der Waals surface area (Å²) in [4.78, 5) is 14.9. The molecule has 1 amide bonds. The molecule has 0 bridgehead atoms. The summed E-state index contributed by atoms with van der Waals surface area (Å²) in [6, 6.07) is 8.41. The van der Waals surface area contributed by atoms with E-state index in [0.29, 0.717) is 12.5 Å². The summed E-state index contributed by atoms with van der Waals surface area (Å²) in [5.74, 6) is 0.662. The maximum atomic E-state index is 12.7. The maximum absolute atomic E-state index is 12.7. The van der Waals surface area contributed by atoms with Gasteiger partial charge in [-0.2, -0.15) is 0 Å². The molecule has 1 fully saturated rings. The van der Waals surface area contributed by atoms with Crippen molar-refractivity contribution in [3.05, 3.63) is 35.4 Å². The van der Waals surface area contributed by atoms with E-state index in [1.165, 1.54) is 24.0 Å². The van der Waals surface area contributed by atoms with Gasteiger partial charge in [0.15, 0.2) is 0 Å². The number of hydrogen-bond acceptors (Lipinski definition) is 3. The Labute approximate surface area is 133 Å². The Bertz CT molecular complexity index is 555. The minimum atomic E-state index is -0.237. The molecule has 0 saturated heterocycles. The van der Waals surface area contributed by atoms with Crippen LogP contribution in [0, 0.1) is 5.92 Å². The van der Waals surface area contributed by atoms with Crippen molar-refractivity contribution in [3.63, 3.8) is 0 Å². The zero-order valence-electron chi connectivity index (χ0n) is 13.6. The highest BCUT2D eigenvalue weighted by atomic mass is 16.2. The van der Waals surface area contributed by atoms with Crippen molar-refractivity contribution in [2.45, 2.75) is 51.2 Å². The van der Waals surface area contributed by atoms with Crippen LogP contribution in [0.3, 0.4) is 0 Å². The molecule has 120 valence electrons. The van der Waals surface area contributed by atoms with Gasteiger partial charge in [-0.25, -0.2) is 0 Å². The van der Waals surface area contributed by atoms with Crippen LogP contribution < -0.4 is 11.1 Å². The maximum Gasteiger partial charge on any atom is 0.237 e. The normalized spacial score (nSPS) is 22.5. The molecule has 0 radical (unpaired) electrons. The van der Waals surface area contributed by atoms with E-state index in [2.05, 4.69) is 41.4 Å².